The molecule has 1 aliphatic carbocycles. The van der Waals surface area contributed by atoms with Gasteiger partial charge in [0.25, 0.3) is 0 Å². The Morgan fingerprint density at radius 1 is 1.08 bits per heavy atom. The van der Waals surface area contributed by atoms with Crippen LogP contribution in [0.3, 0.4) is 0 Å². The van der Waals surface area contributed by atoms with Crippen LogP contribution in [-0.4, -0.2) is 32.7 Å². The molecule has 5 nitrogen and oxygen atoms in total. The predicted octanol–water partition coefficient (Wildman–Crippen LogP) is 3.69. The van der Waals surface area contributed by atoms with E-state index in [0.717, 1.165) is 43.1 Å². The highest BCUT2D eigenvalue weighted by Gasteiger charge is 2.30. The molecule has 1 N–H and O–H groups in total. The number of carbonyl (C=O) groups excluding carboxylic acids is 1. The van der Waals surface area contributed by atoms with Crippen LogP contribution < -0.4 is 9.62 Å². The fourth-order valence-corrected chi connectivity index (χ4v) is 4.76. The molecule has 2 rings (SSSR count). The van der Waals surface area contributed by atoms with Crippen LogP contribution in [0.25, 0.3) is 0 Å². The molecule has 1 aromatic carbocycles. The average molecular weight is 381 g/mol. The van der Waals surface area contributed by atoms with Crippen molar-refractivity contribution in [1.29, 1.82) is 0 Å². The van der Waals surface area contributed by atoms with Gasteiger partial charge in [-0.25, -0.2) is 8.42 Å². The van der Waals surface area contributed by atoms with E-state index in [4.69, 9.17) is 0 Å². The molecular formula is C20H32N2O3S. The third kappa shape index (κ3) is 5.47. The number of amides is 1. The maximum atomic E-state index is 12.8. The van der Waals surface area contributed by atoms with Crippen LogP contribution in [0.2, 0.25) is 0 Å². The maximum Gasteiger partial charge on any atom is 0.243 e. The number of rotatable bonds is 5. The summed E-state index contributed by atoms with van der Waals surface area (Å²) in [6, 6.07) is 4.85. The summed E-state index contributed by atoms with van der Waals surface area (Å²) in [5, 5.41) is 3.09. The molecule has 146 valence electrons. The second kappa shape index (κ2) is 8.89. The molecule has 0 heterocycles. The molecule has 1 aromatic rings. The monoisotopic (exact) mass is 380 g/mol. The zero-order valence-corrected chi connectivity index (χ0v) is 17.2. The van der Waals surface area contributed by atoms with E-state index in [1.54, 1.807) is 13.0 Å². The van der Waals surface area contributed by atoms with Crippen molar-refractivity contribution in [2.24, 2.45) is 0 Å². The van der Waals surface area contributed by atoms with Gasteiger partial charge in [-0.15, -0.1) is 0 Å². The van der Waals surface area contributed by atoms with E-state index in [1.807, 2.05) is 26.0 Å². The van der Waals surface area contributed by atoms with Gasteiger partial charge in [-0.1, -0.05) is 38.2 Å². The lowest BCUT2D eigenvalue weighted by molar-refractivity contribution is -0.122. The smallest absolute Gasteiger partial charge is 0.243 e. The SMILES string of the molecule is Cc1ccc(N([C@H](C)C(=O)NC2CCCCCCC2)S(C)(=O)=O)cc1C. The number of aryl methyl sites for hydroxylation is 2. The first-order chi connectivity index (χ1) is 12.2. The lowest BCUT2D eigenvalue weighted by atomic mass is 9.96. The normalized spacial score (nSPS) is 17.8. The molecule has 1 saturated carbocycles. The number of carbonyl (C=O) groups is 1. The highest BCUT2D eigenvalue weighted by Crippen LogP contribution is 2.24. The molecule has 1 fully saturated rings. The topological polar surface area (TPSA) is 66.5 Å². The number of nitrogens with one attached hydrogen (secondary N) is 1. The van der Waals surface area contributed by atoms with Gasteiger partial charge in [-0.2, -0.15) is 0 Å². The molecule has 6 heteroatoms. The summed E-state index contributed by atoms with van der Waals surface area (Å²) in [4.78, 5) is 12.8. The van der Waals surface area contributed by atoms with Crippen LogP contribution >= 0.6 is 0 Å². The van der Waals surface area contributed by atoms with Crippen molar-refractivity contribution in [2.75, 3.05) is 10.6 Å². The molecule has 1 atom stereocenters. The number of sulfonamides is 1. The molecule has 1 amide bonds. The Hall–Kier alpha value is -1.56. The van der Waals surface area contributed by atoms with Crippen LogP contribution in [0.1, 0.15) is 63.0 Å². The number of hydrogen-bond acceptors (Lipinski definition) is 3. The van der Waals surface area contributed by atoms with Crippen molar-refractivity contribution in [1.82, 2.24) is 5.32 Å². The Bertz CT molecular complexity index is 723. The summed E-state index contributed by atoms with van der Waals surface area (Å²) < 4.78 is 26.1. The highest BCUT2D eigenvalue weighted by atomic mass is 32.2. The van der Waals surface area contributed by atoms with Gasteiger partial charge in [0.15, 0.2) is 0 Å². The van der Waals surface area contributed by atoms with E-state index in [2.05, 4.69) is 5.32 Å². The van der Waals surface area contributed by atoms with E-state index >= 15 is 0 Å². The maximum absolute atomic E-state index is 12.8. The van der Waals surface area contributed by atoms with Gasteiger partial charge in [0, 0.05) is 6.04 Å². The Morgan fingerprint density at radius 3 is 2.19 bits per heavy atom. The molecule has 1 aliphatic rings. The molecular weight excluding hydrogens is 348 g/mol. The number of nitrogens with zero attached hydrogens (tertiary/aromatic N) is 1. The van der Waals surface area contributed by atoms with Gasteiger partial charge >= 0.3 is 0 Å². The summed E-state index contributed by atoms with van der Waals surface area (Å²) >= 11 is 0. The third-order valence-electron chi connectivity index (χ3n) is 5.29. The van der Waals surface area contributed by atoms with E-state index in [9.17, 15) is 13.2 Å². The molecule has 0 unspecified atom stereocenters. The van der Waals surface area contributed by atoms with E-state index in [1.165, 1.54) is 23.6 Å². The van der Waals surface area contributed by atoms with Crippen LogP contribution in [-0.2, 0) is 14.8 Å². The average Bonchev–Trinajstić information content (AvgIpc) is 2.52. The summed E-state index contributed by atoms with van der Waals surface area (Å²) in [5.41, 5.74) is 2.63. The van der Waals surface area contributed by atoms with Gasteiger partial charge in [-0.05, 0) is 56.9 Å². The Kier molecular flexibility index (Phi) is 7.09. The first-order valence-corrected chi connectivity index (χ1v) is 11.4. The largest absolute Gasteiger partial charge is 0.352 e. The minimum absolute atomic E-state index is 0.145. The van der Waals surface area contributed by atoms with Crippen molar-refractivity contribution in [3.8, 4) is 0 Å². The molecule has 0 radical (unpaired) electrons. The summed E-state index contributed by atoms with van der Waals surface area (Å²) in [6.07, 6.45) is 9.02. The van der Waals surface area contributed by atoms with E-state index in [0.29, 0.717) is 5.69 Å². The van der Waals surface area contributed by atoms with Gasteiger partial charge in [-0.3, -0.25) is 9.10 Å². The summed E-state index contributed by atoms with van der Waals surface area (Å²) in [5.74, 6) is -0.223. The molecule has 0 spiro atoms. The molecule has 0 aromatic heterocycles. The lowest BCUT2D eigenvalue weighted by Gasteiger charge is -2.30. The minimum Gasteiger partial charge on any atom is -0.352 e. The molecule has 0 bridgehead atoms. The van der Waals surface area contributed by atoms with E-state index < -0.39 is 16.1 Å². The van der Waals surface area contributed by atoms with Gasteiger partial charge in [0.05, 0.1) is 11.9 Å². The lowest BCUT2D eigenvalue weighted by Crippen LogP contribution is -2.50. The standard InChI is InChI=1S/C20H32N2O3S/c1-15-12-13-19(14-16(15)2)22(26(4,24)25)17(3)20(23)21-18-10-8-6-5-7-9-11-18/h12-14,17-18H,5-11H2,1-4H3,(H,21,23)/t17-/m1/s1. The van der Waals surface area contributed by atoms with Crippen molar-refractivity contribution in [3.05, 3.63) is 29.3 Å². The van der Waals surface area contributed by atoms with Crippen molar-refractivity contribution in [2.45, 2.75) is 77.8 Å². The number of hydrogen-bond donors (Lipinski definition) is 1. The van der Waals surface area contributed by atoms with Crippen LogP contribution in [0.4, 0.5) is 5.69 Å². The van der Waals surface area contributed by atoms with Crippen LogP contribution in [0.5, 0.6) is 0 Å². The van der Waals surface area contributed by atoms with Gasteiger partial charge in [0.2, 0.25) is 15.9 Å². The van der Waals surface area contributed by atoms with Crippen molar-refractivity contribution >= 4 is 21.6 Å². The molecule has 0 aliphatic heterocycles. The number of anilines is 1. The third-order valence-corrected chi connectivity index (χ3v) is 6.53. The first-order valence-electron chi connectivity index (χ1n) is 9.57. The minimum atomic E-state index is -3.57. The highest BCUT2D eigenvalue weighted by molar-refractivity contribution is 7.92. The van der Waals surface area contributed by atoms with Crippen molar-refractivity contribution in [3.63, 3.8) is 0 Å². The van der Waals surface area contributed by atoms with Gasteiger partial charge in [0.1, 0.15) is 6.04 Å². The molecule has 26 heavy (non-hydrogen) atoms. The molecule has 0 saturated heterocycles. The zero-order chi connectivity index (χ0) is 19.3. The van der Waals surface area contributed by atoms with Crippen LogP contribution in [0, 0.1) is 13.8 Å². The Morgan fingerprint density at radius 2 is 1.65 bits per heavy atom. The Balaban J connectivity index is 2.18. The first kappa shape index (κ1) is 20.7. The number of benzene rings is 1. The quantitative estimate of drug-likeness (QED) is 0.847. The second-order valence-corrected chi connectivity index (χ2v) is 9.41. The van der Waals surface area contributed by atoms with E-state index in [-0.39, 0.29) is 11.9 Å². The zero-order valence-electron chi connectivity index (χ0n) is 16.4. The summed E-state index contributed by atoms with van der Waals surface area (Å²) in [6.45, 7) is 5.59. The Labute approximate surface area is 158 Å². The van der Waals surface area contributed by atoms with Crippen LogP contribution in [0.15, 0.2) is 18.2 Å². The fraction of sp³-hybridized carbons (Fsp3) is 0.650. The second-order valence-electron chi connectivity index (χ2n) is 7.55. The van der Waals surface area contributed by atoms with Crippen molar-refractivity contribution < 1.29 is 13.2 Å². The fourth-order valence-electron chi connectivity index (χ4n) is 3.59. The predicted molar refractivity (Wildman–Crippen MR) is 107 cm³/mol. The summed E-state index contributed by atoms with van der Waals surface area (Å²) in [7, 11) is -3.57. The van der Waals surface area contributed by atoms with Gasteiger partial charge < -0.3 is 5.32 Å².